The zero-order valence-corrected chi connectivity index (χ0v) is 11.9. The summed E-state index contributed by atoms with van der Waals surface area (Å²) < 4.78 is 11.3. The van der Waals surface area contributed by atoms with E-state index in [-0.39, 0.29) is 17.6 Å². The number of amides is 1. The molecule has 19 heavy (non-hydrogen) atoms. The Bertz CT molecular complexity index is 448. The Morgan fingerprint density at radius 1 is 1.68 bits per heavy atom. The minimum absolute atomic E-state index is 0.148. The molecule has 0 aromatic carbocycles. The first-order valence-electron chi connectivity index (χ1n) is 6.66. The summed E-state index contributed by atoms with van der Waals surface area (Å²) in [6.45, 7) is 2.18. The summed E-state index contributed by atoms with van der Waals surface area (Å²) in [6.07, 6.45) is 2.54. The molecule has 1 aromatic rings. The molecule has 1 spiro atoms. The number of thiophene rings is 1. The van der Waals surface area contributed by atoms with Crippen molar-refractivity contribution in [3.05, 3.63) is 22.4 Å². The van der Waals surface area contributed by atoms with E-state index in [2.05, 4.69) is 0 Å². The summed E-state index contributed by atoms with van der Waals surface area (Å²) >= 11 is 1.63. The molecule has 3 heterocycles. The second-order valence-electron chi connectivity index (χ2n) is 5.43. The van der Waals surface area contributed by atoms with E-state index in [1.807, 2.05) is 21.7 Å². The van der Waals surface area contributed by atoms with Crippen LogP contribution in [0.4, 0.5) is 0 Å². The molecule has 2 aliphatic heterocycles. The molecular formula is C14H19NO3S. The lowest BCUT2D eigenvalue weighted by Crippen LogP contribution is -2.36. The van der Waals surface area contributed by atoms with Crippen LogP contribution in [-0.2, 0) is 20.7 Å². The predicted molar refractivity (Wildman–Crippen MR) is 73.3 cm³/mol. The highest BCUT2D eigenvalue weighted by atomic mass is 32.1. The lowest BCUT2D eigenvalue weighted by Gasteiger charge is -2.23. The van der Waals surface area contributed by atoms with Crippen LogP contribution in [0.2, 0.25) is 0 Å². The molecule has 0 bridgehead atoms. The number of ether oxygens (including phenoxy) is 2. The van der Waals surface area contributed by atoms with Crippen molar-refractivity contribution in [3.63, 3.8) is 0 Å². The Labute approximate surface area is 117 Å². The van der Waals surface area contributed by atoms with Crippen molar-refractivity contribution in [2.24, 2.45) is 0 Å². The van der Waals surface area contributed by atoms with Crippen molar-refractivity contribution in [3.8, 4) is 0 Å². The maximum atomic E-state index is 12.2. The minimum Gasteiger partial charge on any atom is -0.379 e. The molecule has 0 N–H and O–H groups in total. The van der Waals surface area contributed by atoms with Crippen molar-refractivity contribution < 1.29 is 14.3 Å². The van der Waals surface area contributed by atoms with Gasteiger partial charge in [0.05, 0.1) is 24.7 Å². The van der Waals surface area contributed by atoms with E-state index in [1.54, 1.807) is 18.4 Å². The van der Waals surface area contributed by atoms with Crippen molar-refractivity contribution >= 4 is 17.2 Å². The third kappa shape index (κ3) is 2.68. The van der Waals surface area contributed by atoms with E-state index in [1.165, 1.54) is 0 Å². The van der Waals surface area contributed by atoms with E-state index in [4.69, 9.17) is 9.47 Å². The molecule has 0 aliphatic carbocycles. The number of hydrogen-bond donors (Lipinski definition) is 0. The Morgan fingerprint density at radius 2 is 2.58 bits per heavy atom. The van der Waals surface area contributed by atoms with Crippen LogP contribution >= 0.6 is 11.3 Å². The highest BCUT2D eigenvalue weighted by Gasteiger charge is 2.46. The molecule has 2 saturated heterocycles. The van der Waals surface area contributed by atoms with E-state index < -0.39 is 0 Å². The summed E-state index contributed by atoms with van der Waals surface area (Å²) in [5, 5.41) is 4.05. The third-order valence-electron chi connectivity index (χ3n) is 4.11. The molecule has 2 atom stereocenters. The average Bonchev–Trinajstić information content (AvgIpc) is 3.12. The number of likely N-dealkylation sites (tertiary alicyclic amines) is 1. The first kappa shape index (κ1) is 13.1. The summed E-state index contributed by atoms with van der Waals surface area (Å²) in [7, 11) is 1.72. The largest absolute Gasteiger partial charge is 0.379 e. The molecule has 2 aliphatic rings. The molecule has 2 fully saturated rings. The van der Waals surface area contributed by atoms with Gasteiger partial charge in [-0.2, -0.15) is 11.3 Å². The highest BCUT2D eigenvalue weighted by Crippen LogP contribution is 2.36. The van der Waals surface area contributed by atoms with Crippen LogP contribution in [0.1, 0.15) is 18.4 Å². The lowest BCUT2D eigenvalue weighted by atomic mass is 9.98. The van der Waals surface area contributed by atoms with Gasteiger partial charge in [-0.3, -0.25) is 4.79 Å². The first-order valence-corrected chi connectivity index (χ1v) is 7.61. The smallest absolute Gasteiger partial charge is 0.227 e. The molecule has 4 nitrogen and oxygen atoms in total. The SMILES string of the molecule is COC1COC2(CCN(C(=O)Cc3ccsc3)C2)C1. The fraction of sp³-hybridized carbons (Fsp3) is 0.643. The normalized spacial score (nSPS) is 30.4. The monoisotopic (exact) mass is 281 g/mol. The summed E-state index contributed by atoms with van der Waals surface area (Å²) in [5.74, 6) is 0.208. The maximum absolute atomic E-state index is 12.2. The number of carbonyl (C=O) groups is 1. The van der Waals surface area contributed by atoms with Gasteiger partial charge in [0.1, 0.15) is 0 Å². The number of hydrogen-bond acceptors (Lipinski definition) is 4. The predicted octanol–water partition coefficient (Wildman–Crippen LogP) is 1.70. The van der Waals surface area contributed by atoms with Gasteiger partial charge in [-0.25, -0.2) is 0 Å². The first-order chi connectivity index (χ1) is 9.21. The lowest BCUT2D eigenvalue weighted by molar-refractivity contribution is -0.130. The number of nitrogens with zero attached hydrogens (tertiary/aromatic N) is 1. The van der Waals surface area contributed by atoms with E-state index >= 15 is 0 Å². The van der Waals surface area contributed by atoms with Crippen molar-refractivity contribution in [1.29, 1.82) is 0 Å². The van der Waals surface area contributed by atoms with Gasteiger partial charge in [-0.05, 0) is 28.8 Å². The standard InChI is InChI=1S/C14H19NO3S/c1-17-12-7-14(18-8-12)3-4-15(10-14)13(16)6-11-2-5-19-9-11/h2,5,9,12H,3-4,6-8,10H2,1H3. The molecule has 2 unspecified atom stereocenters. The topological polar surface area (TPSA) is 38.8 Å². The van der Waals surface area contributed by atoms with Crippen molar-refractivity contribution in [1.82, 2.24) is 4.90 Å². The van der Waals surface area contributed by atoms with Gasteiger partial charge in [0.15, 0.2) is 0 Å². The maximum Gasteiger partial charge on any atom is 0.227 e. The fourth-order valence-corrected chi connectivity index (χ4v) is 3.64. The number of carbonyl (C=O) groups excluding carboxylic acids is 1. The van der Waals surface area contributed by atoms with Crippen molar-refractivity contribution in [2.75, 3.05) is 26.8 Å². The molecule has 0 saturated carbocycles. The summed E-state index contributed by atoms with van der Waals surface area (Å²) in [4.78, 5) is 14.2. The van der Waals surface area contributed by atoms with Gasteiger partial charge in [0, 0.05) is 26.6 Å². The van der Waals surface area contributed by atoms with Gasteiger partial charge < -0.3 is 14.4 Å². The Kier molecular flexibility index (Phi) is 3.60. The molecule has 3 rings (SSSR count). The second-order valence-corrected chi connectivity index (χ2v) is 6.21. The molecule has 0 radical (unpaired) electrons. The van der Waals surface area contributed by atoms with Gasteiger partial charge >= 0.3 is 0 Å². The fourth-order valence-electron chi connectivity index (χ4n) is 2.98. The van der Waals surface area contributed by atoms with Gasteiger partial charge in [-0.1, -0.05) is 0 Å². The van der Waals surface area contributed by atoms with E-state index in [9.17, 15) is 4.79 Å². The van der Waals surface area contributed by atoms with Crippen LogP contribution in [0, 0.1) is 0 Å². The van der Waals surface area contributed by atoms with Gasteiger partial charge in [0.2, 0.25) is 5.91 Å². The molecular weight excluding hydrogens is 262 g/mol. The Hall–Kier alpha value is -0.910. The highest BCUT2D eigenvalue weighted by molar-refractivity contribution is 7.07. The number of rotatable bonds is 3. The number of methoxy groups -OCH3 is 1. The van der Waals surface area contributed by atoms with Crippen LogP contribution in [-0.4, -0.2) is 49.3 Å². The zero-order chi connectivity index (χ0) is 13.3. The van der Waals surface area contributed by atoms with Crippen molar-refractivity contribution in [2.45, 2.75) is 31.0 Å². The van der Waals surface area contributed by atoms with Crippen LogP contribution in [0.5, 0.6) is 0 Å². The van der Waals surface area contributed by atoms with Crippen LogP contribution in [0.25, 0.3) is 0 Å². The molecule has 5 heteroatoms. The Balaban J connectivity index is 1.58. The minimum atomic E-state index is -0.148. The van der Waals surface area contributed by atoms with Crippen LogP contribution in [0.15, 0.2) is 16.8 Å². The van der Waals surface area contributed by atoms with E-state index in [0.29, 0.717) is 13.0 Å². The molecule has 1 amide bonds. The summed E-state index contributed by atoms with van der Waals surface area (Å²) in [6, 6.07) is 2.02. The van der Waals surface area contributed by atoms with E-state index in [0.717, 1.165) is 31.5 Å². The van der Waals surface area contributed by atoms with Gasteiger partial charge in [0.25, 0.3) is 0 Å². The average molecular weight is 281 g/mol. The quantitative estimate of drug-likeness (QED) is 0.846. The molecule has 104 valence electrons. The van der Waals surface area contributed by atoms with Crippen LogP contribution in [0.3, 0.4) is 0 Å². The zero-order valence-electron chi connectivity index (χ0n) is 11.1. The van der Waals surface area contributed by atoms with Gasteiger partial charge in [-0.15, -0.1) is 0 Å². The summed E-state index contributed by atoms with van der Waals surface area (Å²) in [5.41, 5.74) is 0.961. The van der Waals surface area contributed by atoms with Crippen LogP contribution < -0.4 is 0 Å². The Morgan fingerprint density at radius 3 is 3.26 bits per heavy atom. The second kappa shape index (κ2) is 5.23. The third-order valence-corrected chi connectivity index (χ3v) is 4.84. The molecule has 1 aromatic heterocycles.